The molecule has 0 radical (unpaired) electrons. The zero-order valence-corrected chi connectivity index (χ0v) is 12.6. The maximum atomic E-state index is 5.82. The second kappa shape index (κ2) is 7.94. The van der Waals surface area contributed by atoms with E-state index >= 15 is 0 Å². The lowest BCUT2D eigenvalue weighted by atomic mass is 10.3. The lowest BCUT2D eigenvalue weighted by Crippen LogP contribution is -2.35. The van der Waals surface area contributed by atoms with Crippen LogP contribution in [0.15, 0.2) is 6.07 Å². The molecule has 0 saturated heterocycles. The van der Waals surface area contributed by atoms with Gasteiger partial charge in [0.05, 0.1) is 0 Å². The van der Waals surface area contributed by atoms with Crippen molar-refractivity contribution in [2.75, 3.05) is 30.7 Å². The van der Waals surface area contributed by atoms with Crippen LogP contribution in [0.5, 0.6) is 0 Å². The molecule has 0 aliphatic heterocycles. The van der Waals surface area contributed by atoms with Gasteiger partial charge in [-0.25, -0.2) is 9.97 Å². The number of aryl methyl sites for hydroxylation is 1. The van der Waals surface area contributed by atoms with Gasteiger partial charge in [-0.05, 0) is 26.4 Å². The lowest BCUT2D eigenvalue weighted by Gasteiger charge is -2.23. The standard InChI is InChI=1S/C14H27N5/c1-5-8-13-17-12(15)9-14(18-13)16-11(4)10-19(6-2)7-3/h9,11H,5-8,10H2,1-4H3,(H3,15,16,17,18). The summed E-state index contributed by atoms with van der Waals surface area (Å²) in [6, 6.07) is 2.14. The summed E-state index contributed by atoms with van der Waals surface area (Å²) in [4.78, 5) is 11.1. The first-order chi connectivity index (χ1) is 9.08. The van der Waals surface area contributed by atoms with Crippen molar-refractivity contribution in [1.82, 2.24) is 14.9 Å². The summed E-state index contributed by atoms with van der Waals surface area (Å²) in [5, 5.41) is 3.41. The average Bonchev–Trinajstić information content (AvgIpc) is 2.35. The van der Waals surface area contributed by atoms with Gasteiger partial charge in [0.25, 0.3) is 0 Å². The van der Waals surface area contributed by atoms with Crippen LogP contribution < -0.4 is 11.1 Å². The van der Waals surface area contributed by atoms with Crippen molar-refractivity contribution in [3.63, 3.8) is 0 Å². The molecule has 0 fully saturated rings. The van der Waals surface area contributed by atoms with Crippen molar-refractivity contribution in [1.29, 1.82) is 0 Å². The van der Waals surface area contributed by atoms with Crippen molar-refractivity contribution < 1.29 is 0 Å². The van der Waals surface area contributed by atoms with Gasteiger partial charge in [-0.15, -0.1) is 0 Å². The van der Waals surface area contributed by atoms with Gasteiger partial charge in [0, 0.05) is 25.1 Å². The Balaban J connectivity index is 2.65. The molecule has 5 nitrogen and oxygen atoms in total. The largest absolute Gasteiger partial charge is 0.384 e. The number of anilines is 2. The highest BCUT2D eigenvalue weighted by atomic mass is 15.2. The third kappa shape index (κ3) is 5.42. The molecule has 0 aromatic carbocycles. The number of nitrogen functional groups attached to an aromatic ring is 1. The molecule has 3 N–H and O–H groups in total. The monoisotopic (exact) mass is 265 g/mol. The van der Waals surface area contributed by atoms with Gasteiger partial charge in [-0.3, -0.25) is 0 Å². The molecule has 0 amide bonds. The molecule has 1 unspecified atom stereocenters. The van der Waals surface area contributed by atoms with Crippen LogP contribution in [-0.2, 0) is 6.42 Å². The average molecular weight is 265 g/mol. The highest BCUT2D eigenvalue weighted by Crippen LogP contribution is 2.11. The smallest absolute Gasteiger partial charge is 0.133 e. The summed E-state index contributed by atoms with van der Waals surface area (Å²) in [7, 11) is 0. The van der Waals surface area contributed by atoms with E-state index in [9.17, 15) is 0 Å². The fraction of sp³-hybridized carbons (Fsp3) is 0.714. The van der Waals surface area contributed by atoms with Crippen LogP contribution >= 0.6 is 0 Å². The number of hydrogen-bond donors (Lipinski definition) is 2. The molecule has 1 atom stereocenters. The third-order valence-corrected chi connectivity index (χ3v) is 3.09. The molecular formula is C14H27N5. The number of rotatable bonds is 8. The molecular weight excluding hydrogens is 238 g/mol. The van der Waals surface area contributed by atoms with Crippen molar-refractivity contribution in [2.24, 2.45) is 0 Å². The first-order valence-corrected chi connectivity index (χ1v) is 7.21. The molecule has 5 heteroatoms. The van der Waals surface area contributed by atoms with Crippen molar-refractivity contribution in [3.05, 3.63) is 11.9 Å². The zero-order chi connectivity index (χ0) is 14.3. The fourth-order valence-corrected chi connectivity index (χ4v) is 2.09. The van der Waals surface area contributed by atoms with Gasteiger partial charge in [0.2, 0.25) is 0 Å². The minimum Gasteiger partial charge on any atom is -0.384 e. The maximum absolute atomic E-state index is 5.82. The van der Waals surface area contributed by atoms with Crippen LogP contribution in [0, 0.1) is 0 Å². The van der Waals surface area contributed by atoms with Crippen LogP contribution in [0.1, 0.15) is 39.9 Å². The molecule has 0 bridgehead atoms. The second-order valence-electron chi connectivity index (χ2n) is 4.88. The number of nitrogens with zero attached hydrogens (tertiary/aromatic N) is 3. The quantitative estimate of drug-likeness (QED) is 0.754. The Hall–Kier alpha value is -1.36. The van der Waals surface area contributed by atoms with Gasteiger partial charge >= 0.3 is 0 Å². The van der Waals surface area contributed by atoms with Crippen LogP contribution in [0.2, 0.25) is 0 Å². The third-order valence-electron chi connectivity index (χ3n) is 3.09. The van der Waals surface area contributed by atoms with Crippen molar-refractivity contribution >= 4 is 11.6 Å². The Bertz CT molecular complexity index is 376. The zero-order valence-electron chi connectivity index (χ0n) is 12.6. The normalized spacial score (nSPS) is 12.7. The molecule has 19 heavy (non-hydrogen) atoms. The molecule has 1 heterocycles. The topological polar surface area (TPSA) is 67.1 Å². The molecule has 1 aromatic rings. The van der Waals surface area contributed by atoms with E-state index in [4.69, 9.17) is 5.73 Å². The van der Waals surface area contributed by atoms with E-state index in [-0.39, 0.29) is 0 Å². The maximum Gasteiger partial charge on any atom is 0.133 e. The van der Waals surface area contributed by atoms with Gasteiger partial charge < -0.3 is 16.0 Å². The van der Waals surface area contributed by atoms with Crippen LogP contribution in [0.25, 0.3) is 0 Å². The van der Waals surface area contributed by atoms with E-state index in [2.05, 4.69) is 47.9 Å². The minimum atomic E-state index is 0.337. The van der Waals surface area contributed by atoms with Crippen LogP contribution in [0.4, 0.5) is 11.6 Å². The van der Waals surface area contributed by atoms with Crippen molar-refractivity contribution in [2.45, 2.75) is 46.6 Å². The Morgan fingerprint density at radius 1 is 1.26 bits per heavy atom. The molecule has 0 saturated carbocycles. The number of likely N-dealkylation sites (N-methyl/N-ethyl adjacent to an activating group) is 1. The predicted molar refractivity (Wildman–Crippen MR) is 81.3 cm³/mol. The number of nitrogens with two attached hydrogens (primary N) is 1. The van der Waals surface area contributed by atoms with E-state index in [0.717, 1.165) is 44.1 Å². The highest BCUT2D eigenvalue weighted by molar-refractivity contribution is 5.45. The number of nitrogens with one attached hydrogen (secondary N) is 1. The number of hydrogen-bond acceptors (Lipinski definition) is 5. The summed E-state index contributed by atoms with van der Waals surface area (Å²) in [5.74, 6) is 2.19. The number of aromatic nitrogens is 2. The Labute approximate surface area is 116 Å². The molecule has 1 aromatic heterocycles. The highest BCUT2D eigenvalue weighted by Gasteiger charge is 2.09. The Morgan fingerprint density at radius 2 is 1.95 bits per heavy atom. The molecule has 0 aliphatic carbocycles. The van der Waals surface area contributed by atoms with Crippen LogP contribution in [0.3, 0.4) is 0 Å². The molecule has 0 aliphatic rings. The molecule has 108 valence electrons. The Kier molecular flexibility index (Phi) is 6.56. The van der Waals surface area contributed by atoms with E-state index in [1.165, 1.54) is 0 Å². The Morgan fingerprint density at radius 3 is 2.53 bits per heavy atom. The van der Waals surface area contributed by atoms with Gasteiger partial charge in [0.15, 0.2) is 0 Å². The minimum absolute atomic E-state index is 0.337. The lowest BCUT2D eigenvalue weighted by molar-refractivity contribution is 0.294. The second-order valence-corrected chi connectivity index (χ2v) is 4.88. The molecule has 1 rings (SSSR count). The summed E-state index contributed by atoms with van der Waals surface area (Å²) < 4.78 is 0. The first-order valence-electron chi connectivity index (χ1n) is 7.21. The fourth-order valence-electron chi connectivity index (χ4n) is 2.09. The SMILES string of the molecule is CCCc1nc(N)cc(NC(C)CN(CC)CC)n1. The van der Waals surface area contributed by atoms with E-state index < -0.39 is 0 Å². The summed E-state index contributed by atoms with van der Waals surface area (Å²) >= 11 is 0. The van der Waals surface area contributed by atoms with E-state index in [1.807, 2.05) is 0 Å². The summed E-state index contributed by atoms with van der Waals surface area (Å²) in [6.45, 7) is 11.8. The first kappa shape index (κ1) is 15.7. The van der Waals surface area contributed by atoms with Crippen LogP contribution in [-0.4, -0.2) is 40.5 Å². The summed E-state index contributed by atoms with van der Waals surface area (Å²) in [6.07, 6.45) is 1.89. The van der Waals surface area contributed by atoms with Gasteiger partial charge in [0.1, 0.15) is 17.5 Å². The van der Waals surface area contributed by atoms with Crippen molar-refractivity contribution in [3.8, 4) is 0 Å². The van der Waals surface area contributed by atoms with Gasteiger partial charge in [-0.2, -0.15) is 0 Å². The predicted octanol–water partition coefficient (Wildman–Crippen LogP) is 2.15. The van der Waals surface area contributed by atoms with E-state index in [0.29, 0.717) is 11.9 Å². The van der Waals surface area contributed by atoms with Gasteiger partial charge in [-0.1, -0.05) is 20.8 Å². The molecule has 0 spiro atoms. The summed E-state index contributed by atoms with van der Waals surface area (Å²) in [5.41, 5.74) is 5.82. The van der Waals surface area contributed by atoms with E-state index in [1.54, 1.807) is 6.07 Å².